The number of hydrogen-bond acceptors (Lipinski definition) is 1. The fourth-order valence-corrected chi connectivity index (χ4v) is 1.70. The third-order valence-corrected chi connectivity index (χ3v) is 2.39. The van der Waals surface area contributed by atoms with E-state index in [0.29, 0.717) is 13.1 Å². The van der Waals surface area contributed by atoms with Crippen molar-refractivity contribution in [2.45, 2.75) is 26.7 Å². The van der Waals surface area contributed by atoms with Crippen molar-refractivity contribution >= 4 is 7.75 Å². The SMILES string of the molecule is CCCNP(=O)(F)NCCC. The molecule has 0 aliphatic carbocycles. The Morgan fingerprint density at radius 2 is 1.55 bits per heavy atom. The van der Waals surface area contributed by atoms with Crippen LogP contribution >= 0.6 is 7.75 Å². The molecule has 0 atom stereocenters. The first-order valence-electron chi connectivity index (χ1n) is 3.92. The predicted octanol–water partition coefficient (Wildman–Crippen LogP) is 2.06. The molecule has 0 fully saturated rings. The van der Waals surface area contributed by atoms with Gasteiger partial charge in [0.05, 0.1) is 0 Å². The van der Waals surface area contributed by atoms with Crippen molar-refractivity contribution in [2.75, 3.05) is 13.1 Å². The van der Waals surface area contributed by atoms with Crippen LogP contribution in [0.5, 0.6) is 0 Å². The van der Waals surface area contributed by atoms with E-state index in [1.165, 1.54) is 0 Å². The van der Waals surface area contributed by atoms with Crippen LogP contribution in [0.2, 0.25) is 0 Å². The minimum absolute atomic E-state index is 0.449. The molecule has 5 heteroatoms. The van der Waals surface area contributed by atoms with E-state index < -0.39 is 7.75 Å². The van der Waals surface area contributed by atoms with E-state index in [1.807, 2.05) is 13.8 Å². The van der Waals surface area contributed by atoms with Gasteiger partial charge in [-0.1, -0.05) is 13.8 Å². The lowest BCUT2D eigenvalue weighted by Gasteiger charge is -2.10. The molecule has 0 spiro atoms. The highest BCUT2D eigenvalue weighted by Gasteiger charge is 2.16. The first kappa shape index (κ1) is 11.1. The Kier molecular flexibility index (Phi) is 5.74. The Balaban J connectivity index is 3.53. The maximum Gasteiger partial charge on any atom is 0.377 e. The third-order valence-electron chi connectivity index (χ3n) is 1.13. The summed E-state index contributed by atoms with van der Waals surface area (Å²) in [6.07, 6.45) is 1.56. The van der Waals surface area contributed by atoms with E-state index in [2.05, 4.69) is 10.2 Å². The maximum atomic E-state index is 12.8. The minimum Gasteiger partial charge on any atom is -0.251 e. The first-order valence-corrected chi connectivity index (χ1v) is 5.52. The van der Waals surface area contributed by atoms with Gasteiger partial charge < -0.3 is 0 Å². The topological polar surface area (TPSA) is 41.1 Å². The molecule has 0 saturated carbocycles. The summed E-state index contributed by atoms with van der Waals surface area (Å²) < 4.78 is 23.6. The zero-order valence-corrected chi connectivity index (χ0v) is 7.96. The number of hydrogen-bond donors (Lipinski definition) is 2. The largest absolute Gasteiger partial charge is 0.377 e. The Morgan fingerprint density at radius 1 is 1.18 bits per heavy atom. The Hall–Kier alpha value is 0.0800. The van der Waals surface area contributed by atoms with Crippen LogP contribution in [-0.4, -0.2) is 13.1 Å². The minimum atomic E-state index is -3.73. The smallest absolute Gasteiger partial charge is 0.251 e. The molecule has 0 unspecified atom stereocenters. The van der Waals surface area contributed by atoms with Gasteiger partial charge in [0.1, 0.15) is 0 Å². The average Bonchev–Trinajstić information content (AvgIpc) is 1.97. The molecule has 0 aromatic rings. The summed E-state index contributed by atoms with van der Waals surface area (Å²) in [5, 5.41) is 4.64. The van der Waals surface area contributed by atoms with Gasteiger partial charge in [0.2, 0.25) is 0 Å². The highest BCUT2D eigenvalue weighted by Crippen LogP contribution is 2.36. The van der Waals surface area contributed by atoms with Gasteiger partial charge in [-0.15, -0.1) is 0 Å². The lowest BCUT2D eigenvalue weighted by molar-refractivity contribution is 0.509. The van der Waals surface area contributed by atoms with Crippen LogP contribution in [0.1, 0.15) is 26.7 Å². The van der Waals surface area contributed by atoms with Gasteiger partial charge in [-0.3, -0.25) is 4.57 Å². The summed E-state index contributed by atoms with van der Waals surface area (Å²) in [7, 11) is -3.73. The maximum absolute atomic E-state index is 12.8. The first-order chi connectivity index (χ1) is 5.12. The highest BCUT2D eigenvalue weighted by atomic mass is 31.2. The molecule has 0 heterocycles. The van der Waals surface area contributed by atoms with Crippen molar-refractivity contribution in [1.29, 1.82) is 0 Å². The molecular weight excluding hydrogens is 166 g/mol. The number of nitrogens with one attached hydrogen (secondary N) is 2. The van der Waals surface area contributed by atoms with Crippen LogP contribution in [-0.2, 0) is 4.57 Å². The van der Waals surface area contributed by atoms with Gasteiger partial charge in [0, 0.05) is 13.1 Å². The van der Waals surface area contributed by atoms with Gasteiger partial charge in [-0.05, 0) is 12.8 Å². The number of rotatable bonds is 6. The summed E-state index contributed by atoms with van der Waals surface area (Å²) in [6, 6.07) is 0. The van der Waals surface area contributed by atoms with Crippen LogP contribution in [0.4, 0.5) is 4.20 Å². The zero-order chi connectivity index (χ0) is 8.74. The second-order valence-electron chi connectivity index (χ2n) is 2.35. The zero-order valence-electron chi connectivity index (χ0n) is 7.06. The normalized spacial score (nSPS) is 11.9. The van der Waals surface area contributed by atoms with E-state index in [4.69, 9.17) is 0 Å². The summed E-state index contributed by atoms with van der Waals surface area (Å²) in [5.41, 5.74) is 0. The van der Waals surface area contributed by atoms with Crippen LogP contribution in [0, 0.1) is 0 Å². The molecule has 2 N–H and O–H groups in total. The van der Waals surface area contributed by atoms with E-state index in [1.54, 1.807) is 0 Å². The fourth-order valence-electron chi connectivity index (χ4n) is 0.567. The quantitative estimate of drug-likeness (QED) is 0.618. The van der Waals surface area contributed by atoms with Crippen LogP contribution < -0.4 is 10.2 Å². The standard InChI is InChI=1S/C6H16FN2OP/c1-3-5-8-11(7,10)9-6-4-2/h3-6H2,1-2H3,(H2,8,9,10). The van der Waals surface area contributed by atoms with Crippen molar-refractivity contribution in [3.05, 3.63) is 0 Å². The summed E-state index contributed by atoms with van der Waals surface area (Å²) in [4.78, 5) is 0. The predicted molar refractivity (Wildman–Crippen MR) is 45.3 cm³/mol. The molecule has 3 nitrogen and oxygen atoms in total. The van der Waals surface area contributed by atoms with Crippen molar-refractivity contribution in [3.63, 3.8) is 0 Å². The van der Waals surface area contributed by atoms with Gasteiger partial charge in [-0.2, -0.15) is 4.20 Å². The molecule has 0 rings (SSSR count). The molecule has 0 radical (unpaired) electrons. The molecule has 0 saturated heterocycles. The van der Waals surface area contributed by atoms with E-state index in [9.17, 15) is 8.76 Å². The second kappa shape index (κ2) is 5.70. The van der Waals surface area contributed by atoms with Gasteiger partial charge in [0.25, 0.3) is 0 Å². The van der Waals surface area contributed by atoms with Crippen molar-refractivity contribution in [1.82, 2.24) is 10.2 Å². The van der Waals surface area contributed by atoms with E-state index in [-0.39, 0.29) is 0 Å². The van der Waals surface area contributed by atoms with E-state index >= 15 is 0 Å². The lowest BCUT2D eigenvalue weighted by atomic mass is 10.5. The monoisotopic (exact) mass is 182 g/mol. The Bertz CT molecular complexity index is 131. The molecule has 68 valence electrons. The Labute approximate surface area is 67.4 Å². The fraction of sp³-hybridized carbons (Fsp3) is 1.00. The molecule has 0 aromatic heterocycles. The molecular formula is C6H16FN2OP. The van der Waals surface area contributed by atoms with Crippen LogP contribution in [0.25, 0.3) is 0 Å². The van der Waals surface area contributed by atoms with Crippen LogP contribution in [0.3, 0.4) is 0 Å². The van der Waals surface area contributed by atoms with Crippen LogP contribution in [0.15, 0.2) is 0 Å². The molecule has 0 bridgehead atoms. The highest BCUT2D eigenvalue weighted by molar-refractivity contribution is 7.54. The second-order valence-corrected chi connectivity index (χ2v) is 4.05. The molecule has 0 amide bonds. The van der Waals surface area contributed by atoms with Crippen molar-refractivity contribution in [3.8, 4) is 0 Å². The van der Waals surface area contributed by atoms with Crippen molar-refractivity contribution in [2.24, 2.45) is 0 Å². The average molecular weight is 182 g/mol. The van der Waals surface area contributed by atoms with Gasteiger partial charge in [-0.25, -0.2) is 10.2 Å². The summed E-state index contributed by atoms with van der Waals surface area (Å²) >= 11 is 0. The van der Waals surface area contributed by atoms with E-state index in [0.717, 1.165) is 12.8 Å². The molecule has 0 aromatic carbocycles. The summed E-state index contributed by atoms with van der Waals surface area (Å²) in [5.74, 6) is 0. The van der Waals surface area contributed by atoms with Gasteiger partial charge >= 0.3 is 7.75 Å². The molecule has 0 aliphatic rings. The number of halogens is 1. The lowest BCUT2D eigenvalue weighted by Crippen LogP contribution is -2.20. The third kappa shape index (κ3) is 6.48. The molecule has 0 aliphatic heterocycles. The summed E-state index contributed by atoms with van der Waals surface area (Å²) in [6.45, 7) is 4.69. The van der Waals surface area contributed by atoms with Crippen molar-refractivity contribution < 1.29 is 8.76 Å². The van der Waals surface area contributed by atoms with Gasteiger partial charge in [0.15, 0.2) is 0 Å². The molecule has 11 heavy (non-hydrogen) atoms. The Morgan fingerprint density at radius 3 is 1.82 bits per heavy atom.